The minimum atomic E-state index is -1.31. The molecule has 306 valence electrons. The number of hydrogen-bond donors (Lipinski definition) is 2. The van der Waals surface area contributed by atoms with E-state index in [-0.39, 0.29) is 49.4 Å². The Bertz CT molecular complexity index is 1950. The van der Waals surface area contributed by atoms with E-state index in [0.717, 1.165) is 85.1 Å². The van der Waals surface area contributed by atoms with Gasteiger partial charge in [-0.15, -0.1) is 6.58 Å². The summed E-state index contributed by atoms with van der Waals surface area (Å²) >= 11 is 0. The number of ether oxygens (including phenoxy) is 3. The highest BCUT2D eigenvalue weighted by molar-refractivity contribution is 6.04. The molecule has 6 unspecified atom stereocenters. The molecule has 1 saturated carbocycles. The van der Waals surface area contributed by atoms with Gasteiger partial charge in [0.05, 0.1) is 18.2 Å². The molecule has 57 heavy (non-hydrogen) atoms. The minimum absolute atomic E-state index is 0.112. The van der Waals surface area contributed by atoms with Gasteiger partial charge in [-0.05, 0) is 105 Å². The van der Waals surface area contributed by atoms with Gasteiger partial charge in [-0.25, -0.2) is 0 Å². The average molecular weight is 780 g/mol. The number of aliphatic hydroxyl groups is 2. The zero-order valence-electron chi connectivity index (χ0n) is 34.2. The number of carbonyl (C=O) groups is 1. The molecule has 0 aromatic heterocycles. The molecule has 1 saturated heterocycles. The number of unbranched alkanes of at least 4 members (excludes halogenated alkanes) is 2. The summed E-state index contributed by atoms with van der Waals surface area (Å²) in [5.74, 6) is -0.156. The molecule has 1 amide bonds. The van der Waals surface area contributed by atoms with Crippen molar-refractivity contribution in [2.45, 2.75) is 89.1 Å². The Hall–Kier alpha value is -4.22. The van der Waals surface area contributed by atoms with Gasteiger partial charge in [-0.2, -0.15) is 0 Å². The van der Waals surface area contributed by atoms with Gasteiger partial charge >= 0.3 is 0 Å². The van der Waals surface area contributed by atoms with E-state index in [1.54, 1.807) is 11.0 Å². The van der Waals surface area contributed by atoms with Crippen molar-refractivity contribution in [3.63, 3.8) is 0 Å². The fraction of sp³-hybridized carbons (Fsp3) is 0.532. The molecule has 0 spiro atoms. The summed E-state index contributed by atoms with van der Waals surface area (Å²) in [5.41, 5.74) is 2.87. The van der Waals surface area contributed by atoms with Crippen molar-refractivity contribution in [3.8, 4) is 11.5 Å². The van der Waals surface area contributed by atoms with Crippen LogP contribution in [0.1, 0.15) is 87.6 Å². The molecule has 2 fully saturated rings. The summed E-state index contributed by atoms with van der Waals surface area (Å²) in [7, 11) is 1.85. The zero-order valence-corrected chi connectivity index (χ0v) is 34.2. The van der Waals surface area contributed by atoms with Crippen LogP contribution >= 0.6 is 0 Å². The maximum Gasteiger partial charge on any atom is 0.254 e. The molecule has 2 aliphatic carbocycles. The van der Waals surface area contributed by atoms with E-state index >= 15 is 0 Å². The first kappa shape index (κ1) is 41.0. The number of nitrogens with zero attached hydrogens (tertiary/aromatic N) is 3. The first-order valence-corrected chi connectivity index (χ1v) is 20.9. The second-order valence-corrected chi connectivity index (χ2v) is 17.1. The van der Waals surface area contributed by atoms with E-state index in [1.165, 1.54) is 0 Å². The number of fused-ring (bicyclic) bond motifs is 3. The van der Waals surface area contributed by atoms with Crippen molar-refractivity contribution < 1.29 is 34.1 Å². The van der Waals surface area contributed by atoms with E-state index in [0.29, 0.717) is 30.8 Å². The summed E-state index contributed by atoms with van der Waals surface area (Å²) in [6.07, 6.45) is 9.35. The Balaban J connectivity index is 1.40. The molecule has 10 heteroatoms. The maximum atomic E-state index is 14.8. The molecule has 2 heterocycles. The molecule has 6 atom stereocenters. The molecule has 4 aliphatic rings. The number of amides is 1. The van der Waals surface area contributed by atoms with E-state index in [1.807, 2.05) is 82.4 Å². The van der Waals surface area contributed by atoms with Crippen molar-refractivity contribution in [3.05, 3.63) is 96.1 Å². The summed E-state index contributed by atoms with van der Waals surface area (Å²) < 4.78 is 20.8. The number of benzene rings is 3. The normalized spacial score (nSPS) is 25.9. The highest BCUT2D eigenvalue weighted by Crippen LogP contribution is 2.62. The lowest BCUT2D eigenvalue weighted by Crippen LogP contribution is -2.69. The molecule has 2 N–H and O–H groups in total. The summed E-state index contributed by atoms with van der Waals surface area (Å²) in [6, 6.07) is 19.4. The molecular formula is C47H61N3O7. The highest BCUT2D eigenvalue weighted by Gasteiger charge is 2.65. The Labute approximate surface area is 338 Å². The number of oxime groups is 1. The molecule has 3 aromatic carbocycles. The second kappa shape index (κ2) is 17.7. The lowest BCUT2D eigenvalue weighted by Gasteiger charge is -2.59. The number of rotatable bonds is 18. The number of carbonyl (C=O) groups excluding carboxylic acids is 1. The third-order valence-electron chi connectivity index (χ3n) is 12.1. The van der Waals surface area contributed by atoms with Gasteiger partial charge in [0.15, 0.2) is 0 Å². The standard InChI is InChI=1S/C47H61N3O7/c1-6-26-55-47-42(49(5)45(53)35-18-17-32-13-7-8-14-33(32)28-35)31-40(48-57-46(2,3)4)38-29-34(15-9-11-24-51)37(16-10-12-25-52)43(44(38)47)39-30-36(19-20-41(39)56-47)54-27-23-50-21-22-50/h6-8,13-14,17-20,28-30,34,37,42-44,51-52H,1,9-12,15-16,21-27,31H2,2-5H3. The van der Waals surface area contributed by atoms with Crippen LogP contribution in [-0.4, -0.2) is 102 Å². The van der Waals surface area contributed by atoms with Gasteiger partial charge in [0.2, 0.25) is 5.79 Å². The van der Waals surface area contributed by atoms with Crippen LogP contribution in [0.2, 0.25) is 0 Å². The van der Waals surface area contributed by atoms with E-state index in [4.69, 9.17) is 24.2 Å². The summed E-state index contributed by atoms with van der Waals surface area (Å²) in [5, 5.41) is 26.8. The van der Waals surface area contributed by atoms with Gasteiger partial charge in [-0.3, -0.25) is 9.69 Å². The highest BCUT2D eigenvalue weighted by atomic mass is 16.7. The van der Waals surface area contributed by atoms with Crippen LogP contribution in [0.5, 0.6) is 11.5 Å². The first-order valence-electron chi connectivity index (χ1n) is 20.9. The summed E-state index contributed by atoms with van der Waals surface area (Å²) in [4.78, 5) is 25.1. The van der Waals surface area contributed by atoms with Crippen LogP contribution in [0.15, 0.2) is 90.1 Å². The van der Waals surface area contributed by atoms with Crippen molar-refractivity contribution >= 4 is 22.4 Å². The number of likely N-dealkylation sites (N-methyl/N-ethyl adjacent to an activating group) is 1. The lowest BCUT2D eigenvalue weighted by atomic mass is 9.55. The fourth-order valence-electron chi connectivity index (χ4n) is 9.26. The molecule has 2 aliphatic heterocycles. The number of hydrogen-bond acceptors (Lipinski definition) is 9. The predicted molar refractivity (Wildman–Crippen MR) is 224 cm³/mol. The largest absolute Gasteiger partial charge is 0.492 e. The first-order chi connectivity index (χ1) is 27.6. The van der Waals surface area contributed by atoms with Gasteiger partial charge in [0, 0.05) is 63.4 Å². The molecule has 0 bridgehead atoms. The van der Waals surface area contributed by atoms with Gasteiger partial charge in [0.1, 0.15) is 29.7 Å². The van der Waals surface area contributed by atoms with Gasteiger partial charge in [0.25, 0.3) is 5.91 Å². The predicted octanol–water partition coefficient (Wildman–Crippen LogP) is 7.74. The lowest BCUT2D eigenvalue weighted by molar-refractivity contribution is -0.252. The van der Waals surface area contributed by atoms with Crippen molar-refractivity contribution in [1.29, 1.82) is 0 Å². The number of aliphatic hydroxyl groups excluding tert-OH is 2. The topological polar surface area (TPSA) is 113 Å². The Morgan fingerprint density at radius 1 is 1.02 bits per heavy atom. The van der Waals surface area contributed by atoms with E-state index < -0.39 is 17.4 Å². The smallest absolute Gasteiger partial charge is 0.254 e. The fourth-order valence-corrected chi connectivity index (χ4v) is 9.26. The minimum Gasteiger partial charge on any atom is -0.492 e. The van der Waals surface area contributed by atoms with Crippen LogP contribution in [-0.2, 0) is 9.57 Å². The van der Waals surface area contributed by atoms with Crippen molar-refractivity contribution in [2.24, 2.45) is 22.9 Å². The molecule has 3 aromatic rings. The van der Waals surface area contributed by atoms with E-state index in [9.17, 15) is 15.0 Å². The zero-order chi connectivity index (χ0) is 40.2. The van der Waals surface area contributed by atoms with Gasteiger partial charge < -0.3 is 34.2 Å². The van der Waals surface area contributed by atoms with Crippen LogP contribution in [0, 0.1) is 17.8 Å². The quantitative estimate of drug-likeness (QED) is 0.0584. The molecular weight excluding hydrogens is 719 g/mol. The Morgan fingerprint density at radius 2 is 1.77 bits per heavy atom. The third kappa shape index (κ3) is 8.94. The van der Waals surface area contributed by atoms with E-state index in [2.05, 4.69) is 23.6 Å². The van der Waals surface area contributed by atoms with Crippen molar-refractivity contribution in [2.75, 3.05) is 53.1 Å². The monoisotopic (exact) mass is 779 g/mol. The van der Waals surface area contributed by atoms with Crippen LogP contribution in [0.25, 0.3) is 10.8 Å². The van der Waals surface area contributed by atoms with Gasteiger partial charge in [-0.1, -0.05) is 60.5 Å². The van der Waals surface area contributed by atoms with Crippen LogP contribution < -0.4 is 9.47 Å². The molecule has 10 nitrogen and oxygen atoms in total. The van der Waals surface area contributed by atoms with Crippen LogP contribution in [0.3, 0.4) is 0 Å². The van der Waals surface area contributed by atoms with Crippen molar-refractivity contribution in [1.82, 2.24) is 9.80 Å². The summed E-state index contributed by atoms with van der Waals surface area (Å²) in [6.45, 7) is 14.2. The van der Waals surface area contributed by atoms with Crippen LogP contribution in [0.4, 0.5) is 0 Å². The molecule has 0 radical (unpaired) electrons. The Morgan fingerprint density at radius 3 is 2.49 bits per heavy atom. The maximum absolute atomic E-state index is 14.8. The second-order valence-electron chi connectivity index (χ2n) is 17.1. The third-order valence-corrected chi connectivity index (χ3v) is 12.1. The molecule has 7 rings (SSSR count). The Kier molecular flexibility index (Phi) is 12.7. The average Bonchev–Trinajstić information content (AvgIpc) is 4.04. The SMILES string of the molecule is C=CCOC12Oc3ccc(OCCN4CC4)cc3C3C(CCCCO)C(CCCCO)C=C(C(=NOC(C)(C)C)CC1N(C)C(=O)c1ccc4ccccc4c1)C32. The number of allylic oxidation sites excluding steroid dienone is 1.